The number of aryl methyl sites for hydroxylation is 1. The van der Waals surface area contributed by atoms with Gasteiger partial charge in [-0.15, -0.1) is 0 Å². The summed E-state index contributed by atoms with van der Waals surface area (Å²) in [5, 5.41) is 5.39. The van der Waals surface area contributed by atoms with Crippen molar-refractivity contribution in [3.8, 4) is 5.88 Å². The van der Waals surface area contributed by atoms with Crippen LogP contribution in [0.1, 0.15) is 26.3 Å². The molecule has 1 aromatic carbocycles. The van der Waals surface area contributed by atoms with Crippen molar-refractivity contribution in [2.75, 3.05) is 31.1 Å². The quantitative estimate of drug-likeness (QED) is 0.638. The number of aromatic nitrogens is 3. The maximum Gasteiger partial charge on any atom is 0.410 e. The van der Waals surface area contributed by atoms with Crippen LogP contribution in [0.25, 0.3) is 10.9 Å². The molecule has 0 bridgehead atoms. The minimum atomic E-state index is -0.483. The molecule has 3 heterocycles. The van der Waals surface area contributed by atoms with Gasteiger partial charge in [-0.05, 0) is 38.5 Å². The Bertz CT molecular complexity index is 1060. The molecule has 3 aromatic rings. The summed E-state index contributed by atoms with van der Waals surface area (Å²) in [7, 11) is 1.93. The van der Waals surface area contributed by atoms with Crippen LogP contribution in [0.15, 0.2) is 42.6 Å². The van der Waals surface area contributed by atoms with Gasteiger partial charge in [-0.1, -0.05) is 18.2 Å². The predicted molar refractivity (Wildman–Crippen MR) is 119 cm³/mol. The van der Waals surface area contributed by atoms with Crippen molar-refractivity contribution in [3.05, 3.63) is 48.2 Å². The molecule has 1 fully saturated rings. The van der Waals surface area contributed by atoms with Gasteiger partial charge in [-0.25, -0.2) is 4.79 Å². The van der Waals surface area contributed by atoms with Gasteiger partial charge in [0.15, 0.2) is 0 Å². The first kappa shape index (κ1) is 21.0. The molecular weight excluding hydrogens is 394 g/mol. The van der Waals surface area contributed by atoms with Gasteiger partial charge >= 0.3 is 6.09 Å². The van der Waals surface area contributed by atoms with Crippen LogP contribution >= 0.6 is 0 Å². The van der Waals surface area contributed by atoms with E-state index in [9.17, 15) is 4.79 Å². The molecule has 0 unspecified atom stereocenters. The van der Waals surface area contributed by atoms with Crippen molar-refractivity contribution < 1.29 is 14.3 Å². The summed E-state index contributed by atoms with van der Waals surface area (Å²) in [6.07, 6.45) is 1.59. The average molecular weight is 424 g/mol. The molecule has 0 radical (unpaired) electrons. The van der Waals surface area contributed by atoms with Crippen molar-refractivity contribution in [1.82, 2.24) is 19.7 Å². The van der Waals surface area contributed by atoms with E-state index in [-0.39, 0.29) is 6.09 Å². The van der Waals surface area contributed by atoms with Crippen molar-refractivity contribution in [2.45, 2.75) is 33.0 Å². The summed E-state index contributed by atoms with van der Waals surface area (Å²) >= 11 is 0. The third-order valence-electron chi connectivity index (χ3n) is 5.16. The summed E-state index contributed by atoms with van der Waals surface area (Å²) < 4.78 is 13.3. The van der Waals surface area contributed by atoms with E-state index in [1.54, 1.807) is 4.90 Å². The summed E-state index contributed by atoms with van der Waals surface area (Å²) in [5.74, 6) is 1.43. The molecule has 1 amide bonds. The topological polar surface area (TPSA) is 72.7 Å². The standard InChI is InChI=1S/C23H29N5O3/c1-23(2,3)31-22(29)28-12-10-27(11-13-28)20-6-5-7-21(25-20)30-16-17-8-9-18-15-24-26(4)19(18)14-17/h5-9,14-15H,10-13,16H2,1-4H3. The van der Waals surface area contributed by atoms with E-state index in [0.29, 0.717) is 38.7 Å². The fraction of sp³-hybridized carbons (Fsp3) is 0.435. The van der Waals surface area contributed by atoms with Gasteiger partial charge in [0, 0.05) is 44.7 Å². The zero-order valence-corrected chi connectivity index (χ0v) is 18.5. The Morgan fingerprint density at radius 1 is 1.10 bits per heavy atom. The molecule has 0 N–H and O–H groups in total. The van der Waals surface area contributed by atoms with Gasteiger partial charge < -0.3 is 19.3 Å². The number of hydrogen-bond acceptors (Lipinski definition) is 6. The molecule has 4 rings (SSSR count). The number of ether oxygens (including phenoxy) is 2. The second kappa shape index (κ2) is 8.45. The Hall–Kier alpha value is -3.29. The number of nitrogens with zero attached hydrogens (tertiary/aromatic N) is 5. The number of rotatable bonds is 4. The van der Waals surface area contributed by atoms with Crippen LogP contribution in [0.5, 0.6) is 5.88 Å². The lowest BCUT2D eigenvalue weighted by Crippen LogP contribution is -2.50. The Morgan fingerprint density at radius 2 is 1.87 bits per heavy atom. The number of carbonyl (C=O) groups excluding carboxylic acids is 1. The van der Waals surface area contributed by atoms with Gasteiger partial charge in [-0.2, -0.15) is 10.1 Å². The second-order valence-corrected chi connectivity index (χ2v) is 8.74. The minimum Gasteiger partial charge on any atom is -0.473 e. The Kier molecular flexibility index (Phi) is 5.71. The van der Waals surface area contributed by atoms with E-state index in [1.165, 1.54) is 0 Å². The van der Waals surface area contributed by atoms with Crippen LogP contribution in [-0.2, 0) is 18.4 Å². The molecule has 0 atom stereocenters. The molecule has 1 aliphatic rings. The van der Waals surface area contributed by atoms with Crippen LogP contribution in [0.2, 0.25) is 0 Å². The van der Waals surface area contributed by atoms with Crippen molar-refractivity contribution >= 4 is 22.8 Å². The first-order valence-electron chi connectivity index (χ1n) is 10.5. The number of carbonyl (C=O) groups is 1. The Balaban J connectivity index is 1.35. The Labute approximate surface area is 182 Å². The largest absolute Gasteiger partial charge is 0.473 e. The van der Waals surface area contributed by atoms with E-state index >= 15 is 0 Å². The van der Waals surface area contributed by atoms with Crippen LogP contribution in [0.4, 0.5) is 10.6 Å². The van der Waals surface area contributed by atoms with Crippen LogP contribution in [0.3, 0.4) is 0 Å². The SMILES string of the molecule is Cn1ncc2ccc(COc3cccc(N4CCN(C(=O)OC(C)(C)C)CC4)n3)cc21. The normalized spacial score (nSPS) is 14.7. The monoisotopic (exact) mass is 423 g/mol. The molecule has 0 aliphatic carbocycles. The van der Waals surface area contributed by atoms with Crippen molar-refractivity contribution in [1.29, 1.82) is 0 Å². The van der Waals surface area contributed by atoms with Gasteiger partial charge in [0.25, 0.3) is 0 Å². The number of fused-ring (bicyclic) bond motifs is 1. The highest BCUT2D eigenvalue weighted by molar-refractivity contribution is 5.79. The molecule has 8 heteroatoms. The van der Waals surface area contributed by atoms with E-state index in [1.807, 2.05) is 63.0 Å². The van der Waals surface area contributed by atoms with E-state index in [4.69, 9.17) is 9.47 Å². The number of amides is 1. The molecule has 164 valence electrons. The molecule has 1 aliphatic heterocycles. The van der Waals surface area contributed by atoms with Crippen LogP contribution < -0.4 is 9.64 Å². The third-order valence-corrected chi connectivity index (χ3v) is 5.16. The highest BCUT2D eigenvalue weighted by atomic mass is 16.6. The molecule has 0 spiro atoms. The highest BCUT2D eigenvalue weighted by Gasteiger charge is 2.26. The maximum atomic E-state index is 12.3. The number of piperazine rings is 1. The Morgan fingerprint density at radius 3 is 2.61 bits per heavy atom. The lowest BCUT2D eigenvalue weighted by atomic mass is 10.2. The first-order valence-corrected chi connectivity index (χ1v) is 10.5. The zero-order valence-electron chi connectivity index (χ0n) is 18.5. The molecular formula is C23H29N5O3. The highest BCUT2D eigenvalue weighted by Crippen LogP contribution is 2.21. The van der Waals surface area contributed by atoms with Gasteiger partial charge in [0.2, 0.25) is 5.88 Å². The molecule has 0 saturated carbocycles. The summed E-state index contributed by atoms with van der Waals surface area (Å²) in [5.41, 5.74) is 1.66. The van der Waals surface area contributed by atoms with Crippen molar-refractivity contribution in [3.63, 3.8) is 0 Å². The van der Waals surface area contributed by atoms with Gasteiger partial charge in [0.05, 0.1) is 11.7 Å². The fourth-order valence-electron chi connectivity index (χ4n) is 3.54. The van der Waals surface area contributed by atoms with Crippen LogP contribution in [-0.4, -0.2) is 57.5 Å². The minimum absolute atomic E-state index is 0.261. The summed E-state index contributed by atoms with van der Waals surface area (Å²) in [6.45, 7) is 8.69. The van der Waals surface area contributed by atoms with Crippen LogP contribution in [0, 0.1) is 0 Å². The summed E-state index contributed by atoms with van der Waals surface area (Å²) in [4.78, 5) is 20.8. The average Bonchev–Trinajstić information content (AvgIpc) is 3.12. The lowest BCUT2D eigenvalue weighted by molar-refractivity contribution is 0.0240. The molecule has 8 nitrogen and oxygen atoms in total. The lowest BCUT2D eigenvalue weighted by Gasteiger charge is -2.36. The number of anilines is 1. The predicted octanol–water partition coefficient (Wildman–Crippen LogP) is 3.60. The molecule has 31 heavy (non-hydrogen) atoms. The van der Waals surface area contributed by atoms with Gasteiger partial charge in [-0.3, -0.25) is 4.68 Å². The van der Waals surface area contributed by atoms with E-state index in [0.717, 1.165) is 22.3 Å². The number of pyridine rings is 1. The number of benzene rings is 1. The third kappa shape index (κ3) is 5.07. The van der Waals surface area contributed by atoms with E-state index < -0.39 is 5.60 Å². The second-order valence-electron chi connectivity index (χ2n) is 8.74. The first-order chi connectivity index (χ1) is 14.8. The molecule has 2 aromatic heterocycles. The smallest absolute Gasteiger partial charge is 0.410 e. The van der Waals surface area contributed by atoms with E-state index in [2.05, 4.69) is 27.1 Å². The summed E-state index contributed by atoms with van der Waals surface area (Å²) in [6, 6.07) is 12.0. The van der Waals surface area contributed by atoms with Crippen molar-refractivity contribution in [2.24, 2.45) is 7.05 Å². The fourth-order valence-corrected chi connectivity index (χ4v) is 3.54. The number of hydrogen-bond donors (Lipinski definition) is 0. The van der Waals surface area contributed by atoms with Gasteiger partial charge in [0.1, 0.15) is 18.0 Å². The maximum absolute atomic E-state index is 12.3. The zero-order chi connectivity index (χ0) is 22.0. The molecule has 1 saturated heterocycles.